The molecule has 1 aromatic heterocycles. The molecular weight excluding hydrogens is 354 g/mol. The van der Waals surface area contributed by atoms with Crippen LogP contribution < -0.4 is 5.32 Å². The fourth-order valence-electron chi connectivity index (χ4n) is 3.39. The van der Waals surface area contributed by atoms with Gasteiger partial charge in [-0.3, -0.25) is 0 Å². The molecule has 1 heterocycles. The summed E-state index contributed by atoms with van der Waals surface area (Å²) in [5, 5.41) is 4.73. The Morgan fingerprint density at radius 2 is 1.56 bits per heavy atom. The molecule has 0 bridgehead atoms. The Kier molecular flexibility index (Phi) is 5.03. The number of anilines is 1. The van der Waals surface area contributed by atoms with E-state index in [1.165, 1.54) is 11.1 Å². The minimum Gasteiger partial charge on any atom is -0.365 e. The van der Waals surface area contributed by atoms with Gasteiger partial charge in [-0.15, -0.1) is 0 Å². The zero-order valence-electron chi connectivity index (χ0n) is 15.1. The molecule has 134 valence electrons. The first kappa shape index (κ1) is 17.5. The first-order valence-corrected chi connectivity index (χ1v) is 9.46. The summed E-state index contributed by atoms with van der Waals surface area (Å²) in [4.78, 5) is 8.93. The normalized spacial score (nSPS) is 10.9. The van der Waals surface area contributed by atoms with E-state index in [1.807, 2.05) is 30.3 Å². The summed E-state index contributed by atoms with van der Waals surface area (Å²) in [7, 11) is 0. The van der Waals surface area contributed by atoms with Crippen LogP contribution in [0.2, 0.25) is 5.28 Å². The van der Waals surface area contributed by atoms with Gasteiger partial charge in [0.05, 0.1) is 10.9 Å². The van der Waals surface area contributed by atoms with Gasteiger partial charge in [0, 0.05) is 6.54 Å². The molecule has 27 heavy (non-hydrogen) atoms. The van der Waals surface area contributed by atoms with E-state index in [9.17, 15) is 0 Å². The molecule has 0 fully saturated rings. The third kappa shape index (κ3) is 3.64. The SMILES string of the molecule is CCc1ccccc1CNc1nc(Cl)nc2cccc(-c3ccccc3)c12. The summed E-state index contributed by atoms with van der Waals surface area (Å²) in [6.07, 6.45) is 0.998. The van der Waals surface area contributed by atoms with Gasteiger partial charge in [0.15, 0.2) is 0 Å². The molecule has 0 saturated heterocycles. The van der Waals surface area contributed by atoms with Crippen LogP contribution in [0.3, 0.4) is 0 Å². The second-order valence-corrected chi connectivity index (χ2v) is 6.72. The minimum absolute atomic E-state index is 0.249. The molecule has 3 aromatic carbocycles. The summed E-state index contributed by atoms with van der Waals surface area (Å²) >= 11 is 6.20. The van der Waals surface area contributed by atoms with Gasteiger partial charge in [-0.25, -0.2) is 9.97 Å². The molecule has 4 rings (SSSR count). The molecule has 0 aliphatic heterocycles. The fraction of sp³-hybridized carbons (Fsp3) is 0.130. The van der Waals surface area contributed by atoms with Gasteiger partial charge in [-0.1, -0.05) is 73.7 Å². The molecule has 0 aliphatic carbocycles. The molecule has 0 saturated carbocycles. The van der Waals surface area contributed by atoms with Crippen LogP contribution in [-0.2, 0) is 13.0 Å². The summed E-state index contributed by atoms with van der Waals surface area (Å²) < 4.78 is 0. The average molecular weight is 374 g/mol. The fourth-order valence-corrected chi connectivity index (χ4v) is 3.57. The summed E-state index contributed by atoms with van der Waals surface area (Å²) in [5.41, 5.74) is 5.66. The zero-order valence-corrected chi connectivity index (χ0v) is 15.9. The van der Waals surface area contributed by atoms with Crippen LogP contribution >= 0.6 is 11.6 Å². The van der Waals surface area contributed by atoms with E-state index in [2.05, 4.69) is 64.7 Å². The highest BCUT2D eigenvalue weighted by Crippen LogP contribution is 2.33. The first-order chi connectivity index (χ1) is 13.3. The third-order valence-corrected chi connectivity index (χ3v) is 4.90. The Labute approximate surface area is 164 Å². The van der Waals surface area contributed by atoms with Crippen LogP contribution in [0.5, 0.6) is 0 Å². The van der Waals surface area contributed by atoms with Gasteiger partial charge < -0.3 is 5.32 Å². The van der Waals surface area contributed by atoms with E-state index in [0.717, 1.165) is 34.3 Å². The predicted octanol–water partition coefficient (Wildman–Crippen LogP) is 6.12. The monoisotopic (exact) mass is 373 g/mol. The van der Waals surface area contributed by atoms with Crippen LogP contribution in [-0.4, -0.2) is 9.97 Å². The Morgan fingerprint density at radius 3 is 2.33 bits per heavy atom. The molecule has 0 aliphatic rings. The van der Waals surface area contributed by atoms with E-state index in [1.54, 1.807) is 0 Å². The van der Waals surface area contributed by atoms with Crippen molar-refractivity contribution in [1.29, 1.82) is 0 Å². The number of fused-ring (bicyclic) bond motifs is 1. The number of benzene rings is 3. The molecule has 4 heteroatoms. The Morgan fingerprint density at radius 1 is 0.815 bits per heavy atom. The number of aryl methyl sites for hydroxylation is 1. The molecule has 4 aromatic rings. The topological polar surface area (TPSA) is 37.8 Å². The van der Waals surface area contributed by atoms with E-state index >= 15 is 0 Å². The standard InChI is InChI=1S/C23H20ClN3/c1-2-16-9-6-7-12-18(16)15-25-22-21-19(17-10-4-3-5-11-17)13-8-14-20(21)26-23(24)27-22/h3-14H,2,15H2,1H3,(H,25,26,27). The van der Waals surface area contributed by atoms with Crippen molar-refractivity contribution in [2.75, 3.05) is 5.32 Å². The van der Waals surface area contributed by atoms with Gasteiger partial charge in [0.2, 0.25) is 5.28 Å². The van der Waals surface area contributed by atoms with E-state index in [-0.39, 0.29) is 5.28 Å². The van der Waals surface area contributed by atoms with Crippen molar-refractivity contribution in [3.8, 4) is 11.1 Å². The molecule has 0 spiro atoms. The lowest BCUT2D eigenvalue weighted by Gasteiger charge is -2.14. The van der Waals surface area contributed by atoms with Gasteiger partial charge in [-0.2, -0.15) is 0 Å². The van der Waals surface area contributed by atoms with Gasteiger partial charge in [0.1, 0.15) is 5.82 Å². The second kappa shape index (κ2) is 7.77. The number of nitrogens with one attached hydrogen (secondary N) is 1. The van der Waals surface area contributed by atoms with E-state index < -0.39 is 0 Å². The average Bonchev–Trinajstić information content (AvgIpc) is 2.72. The Balaban J connectivity index is 1.80. The van der Waals surface area contributed by atoms with Crippen molar-refractivity contribution in [2.45, 2.75) is 19.9 Å². The number of hydrogen-bond donors (Lipinski definition) is 1. The van der Waals surface area contributed by atoms with Crippen LogP contribution in [0.15, 0.2) is 72.8 Å². The lowest BCUT2D eigenvalue weighted by Crippen LogP contribution is -2.06. The van der Waals surface area contributed by atoms with Crippen LogP contribution in [0.25, 0.3) is 22.0 Å². The maximum absolute atomic E-state index is 6.20. The van der Waals surface area contributed by atoms with Crippen molar-refractivity contribution in [3.05, 3.63) is 89.2 Å². The number of nitrogens with zero attached hydrogens (tertiary/aromatic N) is 2. The molecule has 3 nitrogen and oxygen atoms in total. The van der Waals surface area contributed by atoms with Crippen LogP contribution in [0, 0.1) is 0 Å². The predicted molar refractivity (Wildman–Crippen MR) is 113 cm³/mol. The van der Waals surface area contributed by atoms with Crippen molar-refractivity contribution in [2.24, 2.45) is 0 Å². The summed E-state index contributed by atoms with van der Waals surface area (Å²) in [5.74, 6) is 0.760. The quantitative estimate of drug-likeness (QED) is 0.428. The maximum atomic E-state index is 6.20. The largest absolute Gasteiger partial charge is 0.365 e. The first-order valence-electron chi connectivity index (χ1n) is 9.08. The Bertz CT molecular complexity index is 1080. The molecule has 0 amide bonds. The molecule has 1 N–H and O–H groups in total. The van der Waals surface area contributed by atoms with E-state index in [4.69, 9.17) is 11.6 Å². The lowest BCUT2D eigenvalue weighted by molar-refractivity contribution is 1.03. The molecule has 0 unspecified atom stereocenters. The number of halogens is 1. The maximum Gasteiger partial charge on any atom is 0.224 e. The molecular formula is C23H20ClN3. The highest BCUT2D eigenvalue weighted by Gasteiger charge is 2.12. The number of aromatic nitrogens is 2. The number of hydrogen-bond acceptors (Lipinski definition) is 3. The van der Waals surface area contributed by atoms with Gasteiger partial charge >= 0.3 is 0 Å². The van der Waals surface area contributed by atoms with Crippen molar-refractivity contribution in [1.82, 2.24) is 9.97 Å². The van der Waals surface area contributed by atoms with Crippen LogP contribution in [0.1, 0.15) is 18.1 Å². The lowest BCUT2D eigenvalue weighted by atomic mass is 10.0. The molecule has 0 atom stereocenters. The summed E-state index contributed by atoms with van der Waals surface area (Å²) in [6.45, 7) is 2.86. The highest BCUT2D eigenvalue weighted by atomic mass is 35.5. The molecule has 0 radical (unpaired) electrons. The highest BCUT2D eigenvalue weighted by molar-refractivity contribution is 6.29. The second-order valence-electron chi connectivity index (χ2n) is 6.38. The van der Waals surface area contributed by atoms with Crippen molar-refractivity contribution in [3.63, 3.8) is 0 Å². The Hall–Kier alpha value is -2.91. The minimum atomic E-state index is 0.249. The smallest absolute Gasteiger partial charge is 0.224 e. The van der Waals surface area contributed by atoms with Gasteiger partial charge in [0.25, 0.3) is 0 Å². The van der Waals surface area contributed by atoms with Crippen molar-refractivity contribution < 1.29 is 0 Å². The van der Waals surface area contributed by atoms with E-state index in [0.29, 0.717) is 6.54 Å². The number of rotatable bonds is 5. The van der Waals surface area contributed by atoms with Crippen LogP contribution in [0.4, 0.5) is 5.82 Å². The third-order valence-electron chi connectivity index (χ3n) is 4.73. The summed E-state index contributed by atoms with van der Waals surface area (Å²) in [6, 6.07) is 24.8. The van der Waals surface area contributed by atoms with Crippen molar-refractivity contribution >= 4 is 28.3 Å². The zero-order chi connectivity index (χ0) is 18.6. The van der Waals surface area contributed by atoms with Gasteiger partial charge in [-0.05, 0) is 46.3 Å².